The molecule has 0 amide bonds. The summed E-state index contributed by atoms with van der Waals surface area (Å²) >= 11 is 0. The molecule has 1 aromatic carbocycles. The summed E-state index contributed by atoms with van der Waals surface area (Å²) < 4.78 is 31.4. The van der Waals surface area contributed by atoms with Gasteiger partial charge >= 0.3 is 6.97 Å². The second kappa shape index (κ2) is 4.04. The van der Waals surface area contributed by atoms with Gasteiger partial charge in [0.25, 0.3) is 0 Å². The molecule has 0 saturated carbocycles. The van der Waals surface area contributed by atoms with E-state index in [4.69, 9.17) is 0 Å². The van der Waals surface area contributed by atoms with Gasteiger partial charge in [-0.15, -0.1) is 0 Å². The van der Waals surface area contributed by atoms with E-state index in [1.165, 1.54) is 12.4 Å². The monoisotopic (exact) mass is 282 g/mol. The highest BCUT2D eigenvalue weighted by Crippen LogP contribution is 2.39. The van der Waals surface area contributed by atoms with Gasteiger partial charge < -0.3 is 17.6 Å². The molecule has 0 saturated heterocycles. The molecule has 0 fully saturated rings. The molecule has 0 atom stereocenters. The van der Waals surface area contributed by atoms with E-state index in [0.29, 0.717) is 11.4 Å². The summed E-state index contributed by atoms with van der Waals surface area (Å²) in [5.41, 5.74) is 4.06. The number of fused-ring (bicyclic) bond motifs is 2. The van der Waals surface area contributed by atoms with E-state index in [1.54, 1.807) is 24.3 Å². The fraction of sp³-hybridized carbons (Fsp3) is 0.0625. The van der Waals surface area contributed by atoms with Crippen molar-refractivity contribution in [3.63, 3.8) is 0 Å². The smallest absolute Gasteiger partial charge is 0.396 e. The Balaban J connectivity index is 2.09. The van der Waals surface area contributed by atoms with Crippen molar-refractivity contribution in [2.45, 2.75) is 6.92 Å². The fourth-order valence-electron chi connectivity index (χ4n) is 3.15. The second-order valence-electron chi connectivity index (χ2n) is 5.38. The summed E-state index contributed by atoms with van der Waals surface area (Å²) in [5, 5.41) is 0. The Bertz CT molecular complexity index is 843. The van der Waals surface area contributed by atoms with Crippen molar-refractivity contribution < 1.29 is 13.1 Å². The summed E-state index contributed by atoms with van der Waals surface area (Å²) in [6, 6.07) is 11.3. The molecule has 4 rings (SSSR count). The molecule has 2 aromatic rings. The van der Waals surface area contributed by atoms with Crippen LogP contribution in [0, 0.1) is 6.92 Å². The summed E-state index contributed by atoms with van der Waals surface area (Å²) in [4.78, 5) is 0. The van der Waals surface area contributed by atoms with E-state index >= 15 is 0 Å². The molecule has 0 aliphatic carbocycles. The van der Waals surface area contributed by atoms with Gasteiger partial charge in [0, 0.05) is 17.8 Å². The Morgan fingerprint density at radius 3 is 2.71 bits per heavy atom. The molecule has 1 aromatic heterocycles. The third kappa shape index (κ3) is 1.54. The number of hydrogen-bond donors (Lipinski definition) is 0. The van der Waals surface area contributed by atoms with E-state index in [9.17, 15) is 8.63 Å². The third-order valence-corrected chi connectivity index (χ3v) is 4.15. The van der Waals surface area contributed by atoms with Crippen molar-refractivity contribution in [2.24, 2.45) is 0 Å². The van der Waals surface area contributed by atoms with Crippen LogP contribution in [0.1, 0.15) is 16.8 Å². The Morgan fingerprint density at radius 2 is 1.90 bits per heavy atom. The maximum absolute atomic E-state index is 14.6. The molecule has 3 heterocycles. The first-order chi connectivity index (χ1) is 10.1. The standard InChI is InChI=1S/C16H13BF2N2/c1-12-6-2-3-7-13(12)16-14-8-4-10-20(14)17(18,19)21-11-5-9-15(16)21/h2-11H,1H3. The van der Waals surface area contributed by atoms with Gasteiger partial charge in [-0.3, -0.25) is 0 Å². The SMILES string of the molecule is Cc1ccccc1C1=C2C=CC=[N+]2[B-](F)(F)n2cccc21. The lowest BCUT2D eigenvalue weighted by Crippen LogP contribution is -2.49. The van der Waals surface area contributed by atoms with Crippen LogP contribution in [0.3, 0.4) is 0 Å². The van der Waals surface area contributed by atoms with E-state index in [2.05, 4.69) is 0 Å². The maximum Gasteiger partial charge on any atom is 0.737 e. The van der Waals surface area contributed by atoms with E-state index < -0.39 is 6.97 Å². The van der Waals surface area contributed by atoms with Crippen LogP contribution >= 0.6 is 0 Å². The number of allylic oxidation sites excluding steroid dienone is 2. The summed E-state index contributed by atoms with van der Waals surface area (Å²) in [7, 11) is 0. The van der Waals surface area contributed by atoms with Crippen LogP contribution in [0.15, 0.2) is 60.4 Å². The van der Waals surface area contributed by atoms with Crippen molar-refractivity contribution >= 4 is 18.8 Å². The molecular weight excluding hydrogens is 269 g/mol. The van der Waals surface area contributed by atoms with Gasteiger partial charge in [0.1, 0.15) is 6.21 Å². The van der Waals surface area contributed by atoms with Crippen LogP contribution in [0.25, 0.3) is 5.57 Å². The molecule has 104 valence electrons. The number of aromatic nitrogens is 1. The van der Waals surface area contributed by atoms with Crippen molar-refractivity contribution in [2.75, 3.05) is 0 Å². The Kier molecular flexibility index (Phi) is 2.37. The van der Waals surface area contributed by atoms with Gasteiger partial charge in [-0.25, -0.2) is 0 Å². The molecule has 21 heavy (non-hydrogen) atoms. The van der Waals surface area contributed by atoms with Crippen LogP contribution < -0.4 is 0 Å². The lowest BCUT2D eigenvalue weighted by molar-refractivity contribution is -0.356. The summed E-state index contributed by atoms with van der Waals surface area (Å²) in [6.45, 7) is -1.81. The van der Waals surface area contributed by atoms with Gasteiger partial charge in [-0.1, -0.05) is 24.3 Å². The van der Waals surface area contributed by atoms with Crippen LogP contribution in [-0.4, -0.2) is 22.1 Å². The number of hydrogen-bond acceptors (Lipinski definition) is 0. The van der Waals surface area contributed by atoms with Gasteiger partial charge in [-0.05, 0) is 36.4 Å². The lowest BCUT2D eigenvalue weighted by atomic mass is 9.85. The zero-order chi connectivity index (χ0) is 14.6. The molecule has 2 aliphatic heterocycles. The molecule has 5 heteroatoms. The zero-order valence-electron chi connectivity index (χ0n) is 11.5. The Hall–Kier alpha value is -2.43. The molecule has 0 unspecified atom stereocenters. The number of halogens is 2. The molecular formula is C16H13BF2N2. The number of aryl methyl sites for hydroxylation is 1. The first-order valence-electron chi connectivity index (χ1n) is 6.90. The second-order valence-corrected chi connectivity index (χ2v) is 5.38. The highest BCUT2D eigenvalue weighted by molar-refractivity contribution is 6.57. The van der Waals surface area contributed by atoms with E-state index in [0.717, 1.165) is 25.7 Å². The highest BCUT2D eigenvalue weighted by Gasteiger charge is 2.51. The van der Waals surface area contributed by atoms with Crippen LogP contribution in [0.5, 0.6) is 0 Å². The third-order valence-electron chi connectivity index (χ3n) is 4.15. The van der Waals surface area contributed by atoms with Crippen molar-refractivity contribution in [3.8, 4) is 0 Å². The fourth-order valence-corrected chi connectivity index (χ4v) is 3.15. The van der Waals surface area contributed by atoms with Crippen LogP contribution in [0.2, 0.25) is 0 Å². The maximum atomic E-state index is 14.6. The van der Waals surface area contributed by atoms with Crippen LogP contribution in [0.4, 0.5) is 8.63 Å². The first kappa shape index (κ1) is 12.3. The molecule has 0 N–H and O–H groups in total. The molecule has 0 spiro atoms. The van der Waals surface area contributed by atoms with E-state index in [-0.39, 0.29) is 0 Å². The van der Waals surface area contributed by atoms with Gasteiger partial charge in [0.15, 0.2) is 5.70 Å². The highest BCUT2D eigenvalue weighted by atomic mass is 19.2. The summed E-state index contributed by atoms with van der Waals surface area (Å²) in [6.07, 6.45) is 6.34. The number of rotatable bonds is 1. The average Bonchev–Trinajstić information content (AvgIpc) is 3.10. The number of nitrogens with zero attached hydrogens (tertiary/aromatic N) is 2. The Labute approximate surface area is 121 Å². The normalized spacial score (nSPS) is 18.5. The zero-order valence-corrected chi connectivity index (χ0v) is 11.5. The Morgan fingerprint density at radius 1 is 1.10 bits per heavy atom. The number of benzene rings is 1. The van der Waals surface area contributed by atoms with Gasteiger partial charge in [0.2, 0.25) is 0 Å². The van der Waals surface area contributed by atoms with Crippen LogP contribution in [-0.2, 0) is 0 Å². The quantitative estimate of drug-likeness (QED) is 0.708. The minimum Gasteiger partial charge on any atom is -0.396 e. The van der Waals surface area contributed by atoms with Crippen molar-refractivity contribution in [1.29, 1.82) is 0 Å². The predicted molar refractivity (Wildman–Crippen MR) is 80.5 cm³/mol. The van der Waals surface area contributed by atoms with Crippen molar-refractivity contribution in [3.05, 3.63) is 77.3 Å². The van der Waals surface area contributed by atoms with Gasteiger partial charge in [0.05, 0.1) is 5.57 Å². The minimum absolute atomic E-state index is 0.570. The lowest BCUT2D eigenvalue weighted by Gasteiger charge is -2.31. The predicted octanol–water partition coefficient (Wildman–Crippen LogP) is 3.45. The average molecular weight is 282 g/mol. The molecule has 0 radical (unpaired) electrons. The largest absolute Gasteiger partial charge is 0.737 e. The molecule has 2 nitrogen and oxygen atoms in total. The molecule has 0 bridgehead atoms. The van der Waals surface area contributed by atoms with Gasteiger partial charge in [-0.2, -0.15) is 0 Å². The topological polar surface area (TPSA) is 7.94 Å². The first-order valence-corrected chi connectivity index (χ1v) is 6.90. The van der Waals surface area contributed by atoms with E-state index in [1.807, 2.05) is 31.2 Å². The minimum atomic E-state index is -3.81. The van der Waals surface area contributed by atoms with Crippen molar-refractivity contribution in [1.82, 2.24) is 4.48 Å². The molecule has 2 aliphatic rings. The summed E-state index contributed by atoms with van der Waals surface area (Å²) in [5.74, 6) is 0.